The van der Waals surface area contributed by atoms with Crippen LogP contribution in [0.1, 0.15) is 26.3 Å². The molecule has 150 valence electrons. The number of hydrogen-bond donors (Lipinski definition) is 2. The number of pyridine rings is 1. The first-order valence-electron chi connectivity index (χ1n) is 9.38. The highest BCUT2D eigenvalue weighted by molar-refractivity contribution is 6.06. The summed E-state index contributed by atoms with van der Waals surface area (Å²) >= 11 is 0. The van der Waals surface area contributed by atoms with Crippen molar-refractivity contribution < 1.29 is 14.3 Å². The summed E-state index contributed by atoms with van der Waals surface area (Å²) in [4.78, 5) is 29.1. The van der Waals surface area contributed by atoms with Gasteiger partial charge in [-0.2, -0.15) is 0 Å². The summed E-state index contributed by atoms with van der Waals surface area (Å²) in [6.45, 7) is 0.397. The maximum absolute atomic E-state index is 12.5. The first-order valence-corrected chi connectivity index (χ1v) is 9.38. The van der Waals surface area contributed by atoms with Gasteiger partial charge in [0.2, 0.25) is 0 Å². The number of hydrogen-bond acceptors (Lipinski definition) is 4. The van der Waals surface area contributed by atoms with E-state index < -0.39 is 0 Å². The van der Waals surface area contributed by atoms with Crippen LogP contribution >= 0.6 is 0 Å². The summed E-state index contributed by atoms with van der Waals surface area (Å²) in [6.07, 6.45) is 5.50. The zero-order valence-corrected chi connectivity index (χ0v) is 16.3. The highest BCUT2D eigenvalue weighted by Gasteiger charge is 2.12. The standard InChI is InChI=1S/C23H20N4O3/c1-30-20-5-3-2-4-19(20)23(29)26-18-8-6-17(7-9-18)22(28)25-15-16-10-12-27-13-11-24-21(27)14-16/h2-14H,15H2,1H3,(H,25,28)(H,26,29). The normalized spacial score (nSPS) is 10.6. The Bertz CT molecular complexity index is 1200. The van der Waals surface area contributed by atoms with E-state index in [-0.39, 0.29) is 11.8 Å². The molecule has 7 nitrogen and oxygen atoms in total. The second kappa shape index (κ2) is 8.48. The summed E-state index contributed by atoms with van der Waals surface area (Å²) in [5.41, 5.74) is 3.33. The van der Waals surface area contributed by atoms with Crippen molar-refractivity contribution in [3.05, 3.63) is 95.9 Å². The van der Waals surface area contributed by atoms with Crippen molar-refractivity contribution >= 4 is 23.1 Å². The zero-order chi connectivity index (χ0) is 20.9. The largest absolute Gasteiger partial charge is 0.496 e. The van der Waals surface area contributed by atoms with Crippen LogP contribution in [0, 0.1) is 0 Å². The number of benzene rings is 2. The zero-order valence-electron chi connectivity index (χ0n) is 16.3. The van der Waals surface area contributed by atoms with Gasteiger partial charge in [0.05, 0.1) is 12.7 Å². The van der Waals surface area contributed by atoms with Crippen LogP contribution < -0.4 is 15.4 Å². The van der Waals surface area contributed by atoms with E-state index in [9.17, 15) is 9.59 Å². The Morgan fingerprint density at radius 1 is 1.00 bits per heavy atom. The number of imidazole rings is 1. The molecule has 0 aliphatic heterocycles. The van der Waals surface area contributed by atoms with E-state index >= 15 is 0 Å². The molecule has 0 bridgehead atoms. The molecule has 7 heteroatoms. The van der Waals surface area contributed by atoms with Crippen molar-refractivity contribution in [3.63, 3.8) is 0 Å². The average Bonchev–Trinajstić information content (AvgIpc) is 3.26. The molecule has 2 N–H and O–H groups in total. The van der Waals surface area contributed by atoms with E-state index in [1.165, 1.54) is 7.11 Å². The Morgan fingerprint density at radius 2 is 1.80 bits per heavy atom. The van der Waals surface area contributed by atoms with Gasteiger partial charge >= 0.3 is 0 Å². The van der Waals surface area contributed by atoms with Gasteiger partial charge in [-0.1, -0.05) is 12.1 Å². The molecule has 2 amide bonds. The topological polar surface area (TPSA) is 84.7 Å². The molecule has 2 aromatic carbocycles. The molecule has 30 heavy (non-hydrogen) atoms. The van der Waals surface area contributed by atoms with E-state index in [0.717, 1.165) is 11.2 Å². The number of para-hydroxylation sites is 1. The minimum atomic E-state index is -0.279. The van der Waals surface area contributed by atoms with Crippen molar-refractivity contribution in [1.29, 1.82) is 0 Å². The van der Waals surface area contributed by atoms with E-state index in [1.807, 2.05) is 28.9 Å². The number of aromatic nitrogens is 2. The van der Waals surface area contributed by atoms with E-state index in [0.29, 0.717) is 29.1 Å². The maximum atomic E-state index is 12.5. The Hall–Kier alpha value is -4.13. The molecular formula is C23H20N4O3. The Morgan fingerprint density at radius 3 is 2.60 bits per heavy atom. The van der Waals surface area contributed by atoms with Gasteiger partial charge in [-0.25, -0.2) is 4.98 Å². The Kier molecular flexibility index (Phi) is 5.43. The molecular weight excluding hydrogens is 380 g/mol. The quantitative estimate of drug-likeness (QED) is 0.519. The van der Waals surface area contributed by atoms with Crippen LogP contribution in [0.25, 0.3) is 5.65 Å². The summed E-state index contributed by atoms with van der Waals surface area (Å²) in [7, 11) is 1.52. The number of ether oxygens (including phenoxy) is 1. The van der Waals surface area contributed by atoms with Crippen molar-refractivity contribution in [2.45, 2.75) is 6.54 Å². The Balaban J connectivity index is 1.37. The lowest BCUT2D eigenvalue weighted by atomic mass is 10.1. The van der Waals surface area contributed by atoms with Crippen molar-refractivity contribution in [2.75, 3.05) is 12.4 Å². The SMILES string of the molecule is COc1ccccc1C(=O)Nc1ccc(C(=O)NCc2ccn3ccnc3c2)cc1. The van der Waals surface area contributed by atoms with Crippen LogP contribution in [0.15, 0.2) is 79.3 Å². The number of methoxy groups -OCH3 is 1. The number of amides is 2. The van der Waals surface area contributed by atoms with Crippen LogP contribution in [0.2, 0.25) is 0 Å². The number of rotatable bonds is 6. The maximum Gasteiger partial charge on any atom is 0.259 e. The third kappa shape index (κ3) is 4.15. The number of carbonyl (C=O) groups excluding carboxylic acids is 2. The minimum Gasteiger partial charge on any atom is -0.496 e. The first-order chi connectivity index (χ1) is 14.6. The van der Waals surface area contributed by atoms with E-state index in [4.69, 9.17) is 4.74 Å². The second-order valence-electron chi connectivity index (χ2n) is 6.64. The monoisotopic (exact) mass is 400 g/mol. The highest BCUT2D eigenvalue weighted by atomic mass is 16.5. The fraction of sp³-hybridized carbons (Fsp3) is 0.0870. The molecule has 4 rings (SSSR count). The molecule has 4 aromatic rings. The minimum absolute atomic E-state index is 0.194. The molecule has 0 atom stereocenters. The van der Waals surface area contributed by atoms with E-state index in [1.54, 1.807) is 54.7 Å². The molecule has 0 saturated heterocycles. The predicted octanol–water partition coefficient (Wildman–Crippen LogP) is 3.53. The molecule has 0 fully saturated rings. The third-order valence-corrected chi connectivity index (χ3v) is 4.67. The molecule has 2 aromatic heterocycles. The Labute approximate surface area is 173 Å². The number of fused-ring (bicyclic) bond motifs is 1. The second-order valence-corrected chi connectivity index (χ2v) is 6.64. The van der Waals surface area contributed by atoms with Gasteiger partial charge in [0.25, 0.3) is 11.8 Å². The molecule has 0 aliphatic rings. The summed E-state index contributed by atoms with van der Waals surface area (Å²) in [6, 6.07) is 17.6. The summed E-state index contributed by atoms with van der Waals surface area (Å²) in [5.74, 6) is 0.0272. The molecule has 0 radical (unpaired) electrons. The number of carbonyl (C=O) groups is 2. The fourth-order valence-corrected chi connectivity index (χ4v) is 3.08. The molecule has 0 saturated carbocycles. The molecule has 0 unspecified atom stereocenters. The predicted molar refractivity (Wildman–Crippen MR) is 114 cm³/mol. The van der Waals surface area contributed by atoms with Gasteiger partial charge < -0.3 is 19.8 Å². The van der Waals surface area contributed by atoms with Crippen LogP contribution in [0.3, 0.4) is 0 Å². The van der Waals surface area contributed by atoms with Crippen LogP contribution in [0.5, 0.6) is 5.75 Å². The van der Waals surface area contributed by atoms with Gasteiger partial charge in [0.1, 0.15) is 11.4 Å². The lowest BCUT2D eigenvalue weighted by Crippen LogP contribution is -2.22. The molecule has 0 aliphatic carbocycles. The summed E-state index contributed by atoms with van der Waals surface area (Å²) < 4.78 is 7.12. The molecule has 0 spiro atoms. The lowest BCUT2D eigenvalue weighted by Gasteiger charge is -2.10. The van der Waals surface area contributed by atoms with Crippen LogP contribution in [-0.2, 0) is 6.54 Å². The van der Waals surface area contributed by atoms with Crippen molar-refractivity contribution in [2.24, 2.45) is 0 Å². The van der Waals surface area contributed by atoms with Crippen LogP contribution in [-0.4, -0.2) is 28.3 Å². The lowest BCUT2D eigenvalue weighted by molar-refractivity contribution is 0.0950. The third-order valence-electron chi connectivity index (χ3n) is 4.67. The van der Waals surface area contributed by atoms with Gasteiger partial charge in [-0.05, 0) is 54.1 Å². The highest BCUT2D eigenvalue weighted by Crippen LogP contribution is 2.19. The van der Waals surface area contributed by atoms with Crippen LogP contribution in [0.4, 0.5) is 5.69 Å². The van der Waals surface area contributed by atoms with E-state index in [2.05, 4.69) is 15.6 Å². The fourth-order valence-electron chi connectivity index (χ4n) is 3.08. The number of nitrogens with one attached hydrogen (secondary N) is 2. The molecule has 2 heterocycles. The smallest absolute Gasteiger partial charge is 0.259 e. The van der Waals surface area contributed by atoms with Gasteiger partial charge in [-0.3, -0.25) is 9.59 Å². The number of nitrogens with zero attached hydrogens (tertiary/aromatic N) is 2. The van der Waals surface area contributed by atoms with Gasteiger partial charge in [0.15, 0.2) is 0 Å². The van der Waals surface area contributed by atoms with Gasteiger partial charge in [0, 0.05) is 36.4 Å². The first kappa shape index (κ1) is 19.2. The average molecular weight is 400 g/mol. The summed E-state index contributed by atoms with van der Waals surface area (Å²) in [5, 5.41) is 5.70. The number of anilines is 1. The van der Waals surface area contributed by atoms with Gasteiger partial charge in [-0.15, -0.1) is 0 Å². The van der Waals surface area contributed by atoms with Crippen molar-refractivity contribution in [3.8, 4) is 5.75 Å². The van der Waals surface area contributed by atoms with Crippen molar-refractivity contribution in [1.82, 2.24) is 14.7 Å².